The summed E-state index contributed by atoms with van der Waals surface area (Å²) >= 11 is 3.32. The summed E-state index contributed by atoms with van der Waals surface area (Å²) in [6.45, 7) is 2.37. The zero-order valence-electron chi connectivity index (χ0n) is 13.1. The Labute approximate surface area is 146 Å². The number of halogens is 1. The molecular formula is C16H17BrN4O3. The van der Waals surface area contributed by atoms with Crippen LogP contribution in [0.25, 0.3) is 10.9 Å². The quantitative estimate of drug-likeness (QED) is 0.807. The fourth-order valence-electron chi connectivity index (χ4n) is 2.78. The van der Waals surface area contributed by atoms with E-state index >= 15 is 0 Å². The van der Waals surface area contributed by atoms with E-state index in [1.807, 2.05) is 6.92 Å². The molecule has 2 amide bonds. The number of aromatic nitrogens is 2. The van der Waals surface area contributed by atoms with E-state index in [0.717, 1.165) is 10.9 Å². The molecule has 0 aliphatic carbocycles. The van der Waals surface area contributed by atoms with Crippen LogP contribution in [-0.2, 0) is 16.1 Å². The van der Waals surface area contributed by atoms with Crippen molar-refractivity contribution in [1.82, 2.24) is 20.2 Å². The molecule has 3 rings (SSSR count). The monoisotopic (exact) mass is 392 g/mol. The van der Waals surface area contributed by atoms with Crippen molar-refractivity contribution in [2.45, 2.75) is 25.9 Å². The average Bonchev–Trinajstić information content (AvgIpc) is 2.54. The van der Waals surface area contributed by atoms with Crippen molar-refractivity contribution in [2.75, 3.05) is 6.54 Å². The van der Waals surface area contributed by atoms with Crippen molar-refractivity contribution >= 4 is 38.6 Å². The van der Waals surface area contributed by atoms with E-state index in [1.54, 1.807) is 18.2 Å². The van der Waals surface area contributed by atoms with Gasteiger partial charge in [0.05, 0.1) is 17.2 Å². The molecule has 0 spiro atoms. The summed E-state index contributed by atoms with van der Waals surface area (Å²) in [6, 6.07) is 4.65. The average molecular weight is 393 g/mol. The Hall–Kier alpha value is -2.22. The highest BCUT2D eigenvalue weighted by Gasteiger charge is 2.30. The number of nitrogens with zero attached hydrogens (tertiary/aromatic N) is 2. The van der Waals surface area contributed by atoms with Crippen LogP contribution in [0.15, 0.2) is 33.8 Å². The molecule has 126 valence electrons. The molecule has 1 saturated heterocycles. The van der Waals surface area contributed by atoms with Crippen LogP contribution in [0.3, 0.4) is 0 Å². The maximum Gasteiger partial charge on any atom is 0.261 e. The Bertz CT molecular complexity index is 864. The lowest BCUT2D eigenvalue weighted by atomic mass is 9.94. The molecular weight excluding hydrogens is 376 g/mol. The van der Waals surface area contributed by atoms with E-state index in [-0.39, 0.29) is 29.8 Å². The largest absolute Gasteiger partial charge is 0.354 e. The fourth-order valence-corrected chi connectivity index (χ4v) is 3.14. The summed E-state index contributed by atoms with van der Waals surface area (Å²) in [5.41, 5.74) is 0.276. The van der Waals surface area contributed by atoms with Crippen LogP contribution in [0, 0.1) is 5.92 Å². The molecule has 1 aliphatic heterocycles. The van der Waals surface area contributed by atoms with Gasteiger partial charge in [-0.15, -0.1) is 0 Å². The van der Waals surface area contributed by atoms with Gasteiger partial charge in [0.1, 0.15) is 12.6 Å². The molecule has 24 heavy (non-hydrogen) atoms. The fraction of sp³-hybridized carbons (Fsp3) is 0.375. The highest BCUT2D eigenvalue weighted by atomic mass is 79.9. The van der Waals surface area contributed by atoms with Crippen molar-refractivity contribution in [2.24, 2.45) is 5.92 Å². The molecule has 2 aromatic rings. The standard InChI is InChI=1S/C16H17BrN4O3/c1-9-4-5-18-15(23)14(9)20-13(22)7-21-8-19-12-3-2-10(17)6-11(12)16(21)24/h2-3,6,8-9,14H,4-5,7H2,1H3,(H,18,23)(H,20,22)/t9-,14+/m0/s1. The predicted octanol–water partition coefficient (Wildman–Crippen LogP) is 0.800. The third-order valence-corrected chi connectivity index (χ3v) is 4.66. The van der Waals surface area contributed by atoms with Crippen LogP contribution in [0.2, 0.25) is 0 Å². The lowest BCUT2D eigenvalue weighted by Gasteiger charge is -2.29. The van der Waals surface area contributed by atoms with Gasteiger partial charge in [0.25, 0.3) is 5.56 Å². The first-order chi connectivity index (χ1) is 11.5. The smallest absolute Gasteiger partial charge is 0.261 e. The molecule has 1 aliphatic rings. The number of hydrogen-bond donors (Lipinski definition) is 2. The minimum Gasteiger partial charge on any atom is -0.354 e. The van der Waals surface area contributed by atoms with Crippen molar-refractivity contribution < 1.29 is 9.59 Å². The minimum atomic E-state index is -0.565. The number of nitrogens with one attached hydrogen (secondary N) is 2. The van der Waals surface area contributed by atoms with Gasteiger partial charge < -0.3 is 10.6 Å². The van der Waals surface area contributed by atoms with E-state index in [1.165, 1.54) is 10.9 Å². The molecule has 2 N–H and O–H groups in total. The molecule has 2 atom stereocenters. The summed E-state index contributed by atoms with van der Waals surface area (Å²) in [5.74, 6) is -0.512. The first-order valence-corrected chi connectivity index (χ1v) is 8.47. The molecule has 1 aromatic carbocycles. The molecule has 7 nitrogen and oxygen atoms in total. The Kier molecular flexibility index (Phi) is 4.66. The van der Waals surface area contributed by atoms with Gasteiger partial charge in [-0.05, 0) is 30.5 Å². The van der Waals surface area contributed by atoms with Crippen LogP contribution in [-0.4, -0.2) is 34.0 Å². The summed E-state index contributed by atoms with van der Waals surface area (Å²) in [7, 11) is 0. The summed E-state index contributed by atoms with van der Waals surface area (Å²) in [5, 5.41) is 5.87. The Morgan fingerprint density at radius 1 is 1.46 bits per heavy atom. The number of piperidine rings is 1. The van der Waals surface area contributed by atoms with E-state index in [0.29, 0.717) is 17.4 Å². The second kappa shape index (κ2) is 6.72. The number of fused-ring (bicyclic) bond motifs is 1. The van der Waals surface area contributed by atoms with Gasteiger partial charge in [0, 0.05) is 11.0 Å². The maximum absolute atomic E-state index is 12.5. The molecule has 0 saturated carbocycles. The van der Waals surface area contributed by atoms with E-state index < -0.39 is 6.04 Å². The Morgan fingerprint density at radius 3 is 3.00 bits per heavy atom. The van der Waals surface area contributed by atoms with Gasteiger partial charge >= 0.3 is 0 Å². The van der Waals surface area contributed by atoms with Crippen LogP contribution in [0.1, 0.15) is 13.3 Å². The van der Waals surface area contributed by atoms with Gasteiger partial charge in [-0.1, -0.05) is 22.9 Å². The van der Waals surface area contributed by atoms with E-state index in [9.17, 15) is 14.4 Å². The van der Waals surface area contributed by atoms with Crippen LogP contribution in [0.5, 0.6) is 0 Å². The molecule has 0 radical (unpaired) electrons. The third-order valence-electron chi connectivity index (χ3n) is 4.17. The second-order valence-electron chi connectivity index (χ2n) is 5.94. The summed E-state index contributed by atoms with van der Waals surface area (Å²) in [4.78, 5) is 40.8. The van der Waals surface area contributed by atoms with Gasteiger partial charge in [0.15, 0.2) is 0 Å². The first kappa shape index (κ1) is 16.6. The van der Waals surface area contributed by atoms with Gasteiger partial charge in [-0.2, -0.15) is 0 Å². The normalized spacial score (nSPS) is 20.7. The van der Waals surface area contributed by atoms with Crippen molar-refractivity contribution in [3.8, 4) is 0 Å². The van der Waals surface area contributed by atoms with Gasteiger partial charge in [-0.3, -0.25) is 19.0 Å². The molecule has 1 aromatic heterocycles. The zero-order valence-corrected chi connectivity index (χ0v) is 14.7. The Balaban J connectivity index is 1.79. The number of amides is 2. The SMILES string of the molecule is C[C@H]1CCNC(=O)[C@@H]1NC(=O)Cn1cnc2ccc(Br)cc2c1=O. The van der Waals surface area contributed by atoms with E-state index in [4.69, 9.17) is 0 Å². The molecule has 1 fully saturated rings. The molecule has 8 heteroatoms. The molecule has 0 bridgehead atoms. The maximum atomic E-state index is 12.5. The number of carbonyl (C=O) groups is 2. The molecule has 0 unspecified atom stereocenters. The zero-order chi connectivity index (χ0) is 17.3. The number of hydrogen-bond acceptors (Lipinski definition) is 4. The van der Waals surface area contributed by atoms with Crippen LogP contribution >= 0.6 is 15.9 Å². The summed E-state index contributed by atoms with van der Waals surface area (Å²) in [6.07, 6.45) is 2.16. The predicted molar refractivity (Wildman–Crippen MR) is 92.4 cm³/mol. The number of benzene rings is 1. The van der Waals surface area contributed by atoms with Crippen molar-refractivity contribution in [3.63, 3.8) is 0 Å². The highest BCUT2D eigenvalue weighted by molar-refractivity contribution is 9.10. The highest BCUT2D eigenvalue weighted by Crippen LogP contribution is 2.15. The summed E-state index contributed by atoms with van der Waals surface area (Å²) < 4.78 is 2.01. The lowest BCUT2D eigenvalue weighted by molar-refractivity contribution is -0.131. The van der Waals surface area contributed by atoms with Crippen LogP contribution < -0.4 is 16.2 Å². The van der Waals surface area contributed by atoms with E-state index in [2.05, 4.69) is 31.5 Å². The first-order valence-electron chi connectivity index (χ1n) is 7.67. The number of carbonyl (C=O) groups excluding carboxylic acids is 2. The van der Waals surface area contributed by atoms with Gasteiger partial charge in [0.2, 0.25) is 11.8 Å². The van der Waals surface area contributed by atoms with Gasteiger partial charge in [-0.25, -0.2) is 4.98 Å². The van der Waals surface area contributed by atoms with Crippen LogP contribution in [0.4, 0.5) is 0 Å². The van der Waals surface area contributed by atoms with Crippen molar-refractivity contribution in [1.29, 1.82) is 0 Å². The second-order valence-corrected chi connectivity index (χ2v) is 6.86. The third kappa shape index (κ3) is 3.33. The Morgan fingerprint density at radius 2 is 2.25 bits per heavy atom. The minimum absolute atomic E-state index is 0.0603. The molecule has 2 heterocycles. The lowest BCUT2D eigenvalue weighted by Crippen LogP contribution is -2.55. The van der Waals surface area contributed by atoms with Crippen molar-refractivity contribution in [3.05, 3.63) is 39.4 Å². The number of rotatable bonds is 3. The topological polar surface area (TPSA) is 93.1 Å².